The number of hydroxylamine groups is 1. The molecule has 2 amide bonds. The first-order valence-corrected chi connectivity index (χ1v) is 11.2. The highest BCUT2D eigenvalue weighted by molar-refractivity contribution is 5.79. The van der Waals surface area contributed by atoms with Gasteiger partial charge in [0.15, 0.2) is 0 Å². The Kier molecular flexibility index (Phi) is 9.00. The minimum absolute atomic E-state index is 0.00936. The van der Waals surface area contributed by atoms with E-state index in [-0.39, 0.29) is 31.6 Å². The Balaban J connectivity index is 1.39. The number of aliphatic carboxylic acids is 1. The first-order chi connectivity index (χ1) is 16.4. The molecular weight excluding hydrogens is 440 g/mol. The average Bonchev–Trinajstić information content (AvgIpc) is 3.14. The van der Waals surface area contributed by atoms with Crippen LogP contribution in [0.25, 0.3) is 11.1 Å². The van der Waals surface area contributed by atoms with Crippen molar-refractivity contribution in [1.29, 1.82) is 0 Å². The number of carboxylic acid groups (broad SMARTS) is 1. The summed E-state index contributed by atoms with van der Waals surface area (Å²) in [6, 6.07) is 16.1. The number of carboxylic acids is 1. The lowest BCUT2D eigenvalue weighted by molar-refractivity contribution is -0.164. The molecule has 1 aliphatic rings. The fraction of sp³-hybridized carbons (Fsp3) is 0.400. The van der Waals surface area contributed by atoms with E-state index in [1.54, 1.807) is 0 Å². The van der Waals surface area contributed by atoms with Crippen molar-refractivity contribution in [1.82, 2.24) is 10.8 Å². The molecule has 0 saturated heterocycles. The number of amides is 2. The molecule has 2 aromatic rings. The van der Waals surface area contributed by atoms with E-state index in [1.165, 1.54) is 18.2 Å². The monoisotopic (exact) mass is 470 g/mol. The number of fused-ring (bicyclic) bond motifs is 3. The van der Waals surface area contributed by atoms with Crippen LogP contribution >= 0.6 is 0 Å². The Morgan fingerprint density at radius 3 is 2.24 bits per heavy atom. The smallest absolute Gasteiger partial charge is 0.407 e. The number of alkyl carbamates (subject to hydrolysis) is 1. The maximum atomic E-state index is 12.3. The summed E-state index contributed by atoms with van der Waals surface area (Å²) in [5, 5.41) is 11.7. The minimum Gasteiger partial charge on any atom is -0.479 e. The van der Waals surface area contributed by atoms with E-state index in [0.717, 1.165) is 11.1 Å². The van der Waals surface area contributed by atoms with Crippen LogP contribution in [0.15, 0.2) is 48.5 Å². The van der Waals surface area contributed by atoms with E-state index in [1.807, 2.05) is 31.2 Å². The van der Waals surface area contributed by atoms with Crippen molar-refractivity contribution in [3.63, 3.8) is 0 Å². The van der Waals surface area contributed by atoms with Crippen molar-refractivity contribution in [2.24, 2.45) is 0 Å². The molecule has 0 saturated carbocycles. The van der Waals surface area contributed by atoms with Gasteiger partial charge in [0, 0.05) is 25.5 Å². The summed E-state index contributed by atoms with van der Waals surface area (Å²) in [6.45, 7) is 1.88. The van der Waals surface area contributed by atoms with E-state index < -0.39 is 24.1 Å². The zero-order valence-electron chi connectivity index (χ0n) is 19.3. The number of hydrogen-bond acceptors (Lipinski definition) is 6. The SMILES string of the molecule is COCC(ONC(=O)CCCC(C)NC(=O)OCC1c2ccccc2-c2ccccc21)C(=O)O. The molecule has 0 spiro atoms. The van der Waals surface area contributed by atoms with E-state index >= 15 is 0 Å². The van der Waals surface area contributed by atoms with Crippen LogP contribution in [-0.4, -0.2) is 55.5 Å². The Bertz CT molecular complexity index is 965. The molecule has 182 valence electrons. The summed E-state index contributed by atoms with van der Waals surface area (Å²) in [7, 11) is 1.34. The maximum absolute atomic E-state index is 12.3. The van der Waals surface area contributed by atoms with Gasteiger partial charge in [-0.2, -0.15) is 0 Å². The highest BCUT2D eigenvalue weighted by Gasteiger charge is 2.29. The molecule has 34 heavy (non-hydrogen) atoms. The number of carbonyl (C=O) groups is 3. The van der Waals surface area contributed by atoms with Crippen LogP contribution in [-0.2, 0) is 23.9 Å². The zero-order chi connectivity index (χ0) is 24.5. The quantitative estimate of drug-likeness (QED) is 0.407. The number of benzene rings is 2. The van der Waals surface area contributed by atoms with Crippen LogP contribution in [0, 0.1) is 0 Å². The Morgan fingerprint density at radius 2 is 1.65 bits per heavy atom. The van der Waals surface area contributed by atoms with Crippen molar-refractivity contribution in [2.45, 2.75) is 44.2 Å². The fourth-order valence-corrected chi connectivity index (χ4v) is 3.98. The summed E-state index contributed by atoms with van der Waals surface area (Å²) in [5.74, 6) is -1.69. The standard InChI is InChI=1S/C25H30N2O7/c1-16(8-7-13-23(28)27-34-22(15-32-2)24(29)30)26-25(31)33-14-21-19-11-5-3-9-17(19)18-10-4-6-12-20(18)21/h3-6,9-12,16,21-22H,7-8,13-15H2,1-2H3,(H,26,31)(H,27,28)(H,29,30). The molecule has 0 bridgehead atoms. The van der Waals surface area contributed by atoms with E-state index in [2.05, 4.69) is 35.1 Å². The van der Waals surface area contributed by atoms with Crippen LogP contribution in [0.4, 0.5) is 4.79 Å². The van der Waals surface area contributed by atoms with Crippen molar-refractivity contribution in [3.05, 3.63) is 59.7 Å². The van der Waals surface area contributed by atoms with Crippen molar-refractivity contribution in [2.75, 3.05) is 20.3 Å². The Labute approximate surface area is 198 Å². The summed E-state index contributed by atoms with van der Waals surface area (Å²) in [6.07, 6.45) is -0.648. The summed E-state index contributed by atoms with van der Waals surface area (Å²) in [4.78, 5) is 40.0. The molecule has 0 heterocycles. The molecule has 1 aliphatic carbocycles. The van der Waals surface area contributed by atoms with Crippen molar-refractivity contribution >= 4 is 18.0 Å². The van der Waals surface area contributed by atoms with E-state index in [0.29, 0.717) is 12.8 Å². The summed E-state index contributed by atoms with van der Waals surface area (Å²) >= 11 is 0. The van der Waals surface area contributed by atoms with Gasteiger partial charge in [-0.1, -0.05) is 48.5 Å². The van der Waals surface area contributed by atoms with Crippen LogP contribution < -0.4 is 10.8 Å². The third kappa shape index (κ3) is 6.55. The maximum Gasteiger partial charge on any atom is 0.407 e. The van der Waals surface area contributed by atoms with Gasteiger partial charge in [-0.25, -0.2) is 15.1 Å². The average molecular weight is 471 g/mol. The van der Waals surface area contributed by atoms with Gasteiger partial charge in [-0.15, -0.1) is 0 Å². The van der Waals surface area contributed by atoms with Gasteiger partial charge in [-0.3, -0.25) is 9.63 Å². The first-order valence-electron chi connectivity index (χ1n) is 11.2. The molecule has 0 aromatic heterocycles. The summed E-state index contributed by atoms with van der Waals surface area (Å²) < 4.78 is 10.3. The first kappa shape index (κ1) is 25.2. The van der Waals surface area contributed by atoms with Crippen LogP contribution in [0.3, 0.4) is 0 Å². The third-order valence-corrected chi connectivity index (χ3v) is 5.66. The normalized spacial score (nSPS) is 13.9. The largest absolute Gasteiger partial charge is 0.479 e. The number of ether oxygens (including phenoxy) is 2. The lowest BCUT2D eigenvalue weighted by Gasteiger charge is -2.17. The molecule has 0 radical (unpaired) electrons. The number of nitrogens with one attached hydrogen (secondary N) is 2. The zero-order valence-corrected chi connectivity index (χ0v) is 19.3. The number of rotatable bonds is 12. The van der Waals surface area contributed by atoms with Gasteiger partial charge in [0.1, 0.15) is 6.61 Å². The third-order valence-electron chi connectivity index (χ3n) is 5.66. The van der Waals surface area contributed by atoms with Gasteiger partial charge in [0.25, 0.3) is 0 Å². The van der Waals surface area contributed by atoms with E-state index in [4.69, 9.17) is 19.4 Å². The second-order valence-corrected chi connectivity index (χ2v) is 8.19. The second kappa shape index (κ2) is 12.2. The molecule has 9 heteroatoms. The molecule has 3 N–H and O–H groups in total. The molecular formula is C25H30N2O7. The second-order valence-electron chi connectivity index (χ2n) is 8.19. The van der Waals surface area contributed by atoms with Gasteiger partial charge in [0.05, 0.1) is 6.61 Å². The molecule has 2 unspecified atom stereocenters. The molecule has 0 aliphatic heterocycles. The van der Waals surface area contributed by atoms with E-state index in [9.17, 15) is 14.4 Å². The van der Waals surface area contributed by atoms with Crippen LogP contribution in [0.1, 0.15) is 43.2 Å². The topological polar surface area (TPSA) is 123 Å². The van der Waals surface area contributed by atoms with Gasteiger partial charge in [-0.05, 0) is 42.0 Å². The molecule has 2 atom stereocenters. The van der Waals surface area contributed by atoms with Gasteiger partial charge in [0.2, 0.25) is 12.0 Å². The predicted octanol–water partition coefficient (Wildman–Crippen LogP) is 3.23. The number of methoxy groups -OCH3 is 1. The lowest BCUT2D eigenvalue weighted by atomic mass is 9.98. The van der Waals surface area contributed by atoms with Crippen molar-refractivity contribution < 1.29 is 33.8 Å². The Morgan fingerprint density at radius 1 is 1.03 bits per heavy atom. The highest BCUT2D eigenvalue weighted by Crippen LogP contribution is 2.44. The minimum atomic E-state index is -1.27. The number of carbonyl (C=O) groups excluding carboxylic acids is 2. The van der Waals surface area contributed by atoms with Gasteiger partial charge >= 0.3 is 12.1 Å². The number of hydrogen-bond donors (Lipinski definition) is 3. The molecule has 0 fully saturated rings. The summed E-state index contributed by atoms with van der Waals surface area (Å²) in [5.41, 5.74) is 6.75. The molecule has 9 nitrogen and oxygen atoms in total. The fourth-order valence-electron chi connectivity index (χ4n) is 3.98. The Hall–Kier alpha value is -3.43. The van der Waals surface area contributed by atoms with Crippen LogP contribution in [0.5, 0.6) is 0 Å². The predicted molar refractivity (Wildman–Crippen MR) is 124 cm³/mol. The molecule has 3 rings (SSSR count). The highest BCUT2D eigenvalue weighted by atomic mass is 16.7. The van der Waals surface area contributed by atoms with Gasteiger partial charge < -0.3 is 19.9 Å². The van der Waals surface area contributed by atoms with Crippen molar-refractivity contribution in [3.8, 4) is 11.1 Å². The van der Waals surface area contributed by atoms with Crippen LogP contribution in [0.2, 0.25) is 0 Å². The molecule has 2 aromatic carbocycles. The lowest BCUT2D eigenvalue weighted by Crippen LogP contribution is -2.37.